The summed E-state index contributed by atoms with van der Waals surface area (Å²) in [5, 5.41) is 10.2. The minimum atomic E-state index is -4.10. The molecule has 1 heterocycles. The van der Waals surface area contributed by atoms with E-state index in [0.29, 0.717) is 25.9 Å². The zero-order valence-corrected chi connectivity index (χ0v) is 12.2. The van der Waals surface area contributed by atoms with Gasteiger partial charge in [-0.3, -0.25) is 0 Å². The normalized spacial score (nSPS) is 22.2. The Morgan fingerprint density at radius 2 is 2.05 bits per heavy atom. The fourth-order valence-corrected chi connectivity index (χ4v) is 2.95. The van der Waals surface area contributed by atoms with Gasteiger partial charge in [0, 0.05) is 13.1 Å². The predicted molar refractivity (Wildman–Crippen MR) is 76.0 cm³/mol. The van der Waals surface area contributed by atoms with Crippen LogP contribution in [0.3, 0.4) is 0 Å². The second-order valence-electron chi connectivity index (χ2n) is 5.84. The number of aliphatic hydroxyl groups is 1. The van der Waals surface area contributed by atoms with E-state index in [0.717, 1.165) is 11.1 Å². The van der Waals surface area contributed by atoms with Crippen LogP contribution < -0.4 is 0 Å². The van der Waals surface area contributed by atoms with Crippen molar-refractivity contribution < 1.29 is 18.3 Å². The maximum Gasteiger partial charge on any atom is 0.393 e. The molecule has 1 aromatic carbocycles. The van der Waals surface area contributed by atoms with E-state index in [2.05, 4.69) is 0 Å². The Hall–Kier alpha value is -1.07. The van der Waals surface area contributed by atoms with Crippen LogP contribution in [0.1, 0.15) is 36.5 Å². The molecule has 5 heteroatoms. The minimum Gasteiger partial charge on any atom is -0.388 e. The van der Waals surface area contributed by atoms with Crippen LogP contribution in [0, 0.1) is 12.8 Å². The molecule has 1 fully saturated rings. The molecule has 0 aromatic heterocycles. The van der Waals surface area contributed by atoms with Crippen LogP contribution in [-0.4, -0.2) is 35.8 Å². The Bertz CT molecular complexity index is 461. The second-order valence-corrected chi connectivity index (χ2v) is 5.84. The largest absolute Gasteiger partial charge is 0.393 e. The number of aryl methyl sites for hydroxylation is 1. The number of halogens is 3. The molecule has 1 N–H and O–H groups in total. The van der Waals surface area contributed by atoms with Crippen LogP contribution in [0.4, 0.5) is 13.2 Å². The highest BCUT2D eigenvalue weighted by molar-refractivity contribution is 5.27. The Labute approximate surface area is 123 Å². The molecular weight excluding hydrogens is 279 g/mol. The van der Waals surface area contributed by atoms with E-state index in [-0.39, 0.29) is 13.0 Å². The van der Waals surface area contributed by atoms with Gasteiger partial charge < -0.3 is 10.0 Å². The summed E-state index contributed by atoms with van der Waals surface area (Å²) in [5.74, 6) is -1.22. The lowest BCUT2D eigenvalue weighted by molar-refractivity contribution is -0.186. The highest BCUT2D eigenvalue weighted by Gasteiger charge is 2.41. The van der Waals surface area contributed by atoms with Gasteiger partial charge in [-0.25, -0.2) is 0 Å². The van der Waals surface area contributed by atoms with Gasteiger partial charge in [-0.1, -0.05) is 24.3 Å². The van der Waals surface area contributed by atoms with Gasteiger partial charge in [-0.15, -0.1) is 0 Å². The van der Waals surface area contributed by atoms with Crippen molar-refractivity contribution >= 4 is 0 Å². The fraction of sp³-hybridized carbons (Fsp3) is 0.625. The molecular formula is C16H22F3NO. The number of aliphatic hydroxyl groups excluding tert-OH is 1. The fourth-order valence-electron chi connectivity index (χ4n) is 2.95. The van der Waals surface area contributed by atoms with Gasteiger partial charge in [-0.05, 0) is 43.9 Å². The molecule has 1 aliphatic heterocycles. The van der Waals surface area contributed by atoms with Crippen molar-refractivity contribution in [3.63, 3.8) is 0 Å². The van der Waals surface area contributed by atoms with E-state index in [4.69, 9.17) is 0 Å². The van der Waals surface area contributed by atoms with Crippen LogP contribution in [0.25, 0.3) is 0 Å². The molecule has 2 unspecified atom stereocenters. The van der Waals surface area contributed by atoms with Crippen molar-refractivity contribution in [3.05, 3.63) is 35.4 Å². The monoisotopic (exact) mass is 301 g/mol. The van der Waals surface area contributed by atoms with E-state index in [1.807, 2.05) is 36.1 Å². The first-order chi connectivity index (χ1) is 9.88. The Balaban J connectivity index is 1.87. The van der Waals surface area contributed by atoms with Gasteiger partial charge in [-0.2, -0.15) is 13.2 Å². The van der Waals surface area contributed by atoms with E-state index >= 15 is 0 Å². The molecule has 2 rings (SSSR count). The molecule has 0 bridgehead atoms. The zero-order valence-electron chi connectivity index (χ0n) is 12.2. The summed E-state index contributed by atoms with van der Waals surface area (Å²) in [6, 6.07) is 7.57. The molecule has 0 spiro atoms. The van der Waals surface area contributed by atoms with Gasteiger partial charge in [0.05, 0.1) is 12.0 Å². The maximum absolute atomic E-state index is 12.8. The summed E-state index contributed by atoms with van der Waals surface area (Å²) in [6.07, 6.45) is -3.45. The lowest BCUT2D eigenvalue weighted by Gasteiger charge is -2.34. The molecule has 1 aromatic rings. The molecule has 118 valence electrons. The summed E-state index contributed by atoms with van der Waals surface area (Å²) in [4.78, 5) is 1.82. The van der Waals surface area contributed by atoms with E-state index in [9.17, 15) is 18.3 Å². The number of likely N-dealkylation sites (tertiary alicyclic amines) is 1. The van der Waals surface area contributed by atoms with Crippen molar-refractivity contribution in [3.8, 4) is 0 Å². The number of benzene rings is 1. The Kier molecular flexibility index (Phi) is 5.27. The molecule has 0 radical (unpaired) electrons. The summed E-state index contributed by atoms with van der Waals surface area (Å²) >= 11 is 0. The third kappa shape index (κ3) is 4.45. The van der Waals surface area contributed by atoms with Crippen LogP contribution >= 0.6 is 0 Å². The minimum absolute atomic E-state index is 0.0595. The van der Waals surface area contributed by atoms with Crippen molar-refractivity contribution in [2.24, 2.45) is 5.92 Å². The summed E-state index contributed by atoms with van der Waals surface area (Å²) in [5.41, 5.74) is 1.87. The standard InChI is InChI=1S/C16H22F3NO/c1-12-5-2-3-7-14(12)15(21)8-10-20-9-4-6-13(11-20)16(17,18)19/h2-3,5,7,13,15,21H,4,6,8-11H2,1H3. The van der Waals surface area contributed by atoms with Crippen LogP contribution in [0.5, 0.6) is 0 Å². The van der Waals surface area contributed by atoms with Gasteiger partial charge in [0.15, 0.2) is 0 Å². The van der Waals surface area contributed by atoms with Crippen molar-refractivity contribution in [2.45, 2.75) is 38.5 Å². The number of hydrogen-bond acceptors (Lipinski definition) is 2. The summed E-state index contributed by atoms with van der Waals surface area (Å²) < 4.78 is 38.3. The molecule has 1 aliphatic rings. The molecule has 0 amide bonds. The summed E-state index contributed by atoms with van der Waals surface area (Å²) in [7, 11) is 0. The first kappa shape index (κ1) is 16.3. The number of alkyl halides is 3. The predicted octanol–water partition coefficient (Wildman–Crippen LogP) is 3.69. The second kappa shape index (κ2) is 6.79. The van der Waals surface area contributed by atoms with Crippen molar-refractivity contribution in [1.82, 2.24) is 4.90 Å². The summed E-state index contributed by atoms with van der Waals surface area (Å²) in [6.45, 7) is 3.18. The van der Waals surface area contributed by atoms with E-state index in [1.54, 1.807) is 0 Å². The molecule has 21 heavy (non-hydrogen) atoms. The number of rotatable bonds is 4. The third-order valence-electron chi connectivity index (χ3n) is 4.23. The van der Waals surface area contributed by atoms with Crippen molar-refractivity contribution in [2.75, 3.05) is 19.6 Å². The van der Waals surface area contributed by atoms with Gasteiger partial charge >= 0.3 is 6.18 Å². The average molecular weight is 301 g/mol. The first-order valence-electron chi connectivity index (χ1n) is 7.40. The topological polar surface area (TPSA) is 23.5 Å². The van der Waals surface area contributed by atoms with Gasteiger partial charge in [0.2, 0.25) is 0 Å². The SMILES string of the molecule is Cc1ccccc1C(O)CCN1CCCC(C(F)(F)F)C1. The molecule has 1 saturated heterocycles. The van der Waals surface area contributed by atoms with E-state index in [1.165, 1.54) is 0 Å². The van der Waals surface area contributed by atoms with Crippen LogP contribution in [0.2, 0.25) is 0 Å². The van der Waals surface area contributed by atoms with Crippen molar-refractivity contribution in [1.29, 1.82) is 0 Å². The average Bonchev–Trinajstić information content (AvgIpc) is 2.45. The maximum atomic E-state index is 12.8. The molecule has 2 nitrogen and oxygen atoms in total. The lowest BCUT2D eigenvalue weighted by atomic mass is 9.96. The highest BCUT2D eigenvalue weighted by atomic mass is 19.4. The van der Waals surface area contributed by atoms with Crippen LogP contribution in [0.15, 0.2) is 24.3 Å². The third-order valence-corrected chi connectivity index (χ3v) is 4.23. The number of piperidine rings is 1. The van der Waals surface area contributed by atoms with Gasteiger partial charge in [0.25, 0.3) is 0 Å². The smallest absolute Gasteiger partial charge is 0.388 e. The van der Waals surface area contributed by atoms with E-state index < -0.39 is 18.2 Å². The number of hydrogen-bond donors (Lipinski definition) is 1. The molecule has 2 atom stereocenters. The lowest BCUT2D eigenvalue weighted by Crippen LogP contribution is -2.42. The Morgan fingerprint density at radius 1 is 1.33 bits per heavy atom. The zero-order chi connectivity index (χ0) is 15.5. The molecule has 0 saturated carbocycles. The molecule has 0 aliphatic carbocycles. The quantitative estimate of drug-likeness (QED) is 0.917. The van der Waals surface area contributed by atoms with Crippen LogP contribution in [-0.2, 0) is 0 Å². The first-order valence-corrected chi connectivity index (χ1v) is 7.40. The highest BCUT2D eigenvalue weighted by Crippen LogP contribution is 2.33. The van der Waals surface area contributed by atoms with Gasteiger partial charge in [0.1, 0.15) is 0 Å². The Morgan fingerprint density at radius 3 is 2.71 bits per heavy atom. The number of nitrogens with zero attached hydrogens (tertiary/aromatic N) is 1.